The van der Waals surface area contributed by atoms with Crippen LogP contribution in [0.3, 0.4) is 0 Å². The van der Waals surface area contributed by atoms with Crippen molar-refractivity contribution in [3.05, 3.63) is 12.0 Å². The zero-order valence-electron chi connectivity index (χ0n) is 10.6. The van der Waals surface area contributed by atoms with Crippen LogP contribution >= 0.6 is 0 Å². The van der Waals surface area contributed by atoms with Crippen molar-refractivity contribution in [2.75, 3.05) is 30.4 Å². The number of halogens is 1. The van der Waals surface area contributed by atoms with Crippen LogP contribution in [0.1, 0.15) is 26.7 Å². The number of nitrogens with one attached hydrogen (secondary N) is 1. The SMILES string of the molecule is CNc1nc(N2CCC(C)(C)CC2)ncc1F. The van der Waals surface area contributed by atoms with Gasteiger partial charge in [0.05, 0.1) is 6.20 Å². The molecular weight excluding hydrogens is 219 g/mol. The van der Waals surface area contributed by atoms with E-state index in [2.05, 4.69) is 34.0 Å². The molecule has 0 atom stereocenters. The molecule has 1 fully saturated rings. The fourth-order valence-electron chi connectivity index (χ4n) is 2.00. The van der Waals surface area contributed by atoms with Gasteiger partial charge in [-0.15, -0.1) is 0 Å². The maximum atomic E-state index is 13.3. The summed E-state index contributed by atoms with van der Waals surface area (Å²) in [5.41, 5.74) is 0.391. The minimum atomic E-state index is -0.409. The van der Waals surface area contributed by atoms with Gasteiger partial charge in [0.2, 0.25) is 5.95 Å². The molecule has 0 bridgehead atoms. The predicted octanol–water partition coefficient (Wildman–Crippen LogP) is 2.28. The first kappa shape index (κ1) is 12.1. The molecule has 5 heteroatoms. The van der Waals surface area contributed by atoms with Crippen LogP contribution in [-0.4, -0.2) is 30.1 Å². The van der Waals surface area contributed by atoms with E-state index in [0.717, 1.165) is 25.9 Å². The van der Waals surface area contributed by atoms with Crippen molar-refractivity contribution in [2.45, 2.75) is 26.7 Å². The Morgan fingerprint density at radius 1 is 1.35 bits per heavy atom. The number of piperidine rings is 1. The molecule has 0 aliphatic carbocycles. The van der Waals surface area contributed by atoms with Gasteiger partial charge in [-0.2, -0.15) is 4.98 Å². The number of aromatic nitrogens is 2. The van der Waals surface area contributed by atoms with Gasteiger partial charge in [0.25, 0.3) is 0 Å². The summed E-state index contributed by atoms with van der Waals surface area (Å²) in [6.07, 6.45) is 3.46. The Balaban J connectivity index is 2.13. The van der Waals surface area contributed by atoms with Crippen LogP contribution in [-0.2, 0) is 0 Å². The van der Waals surface area contributed by atoms with Crippen LogP contribution in [0.5, 0.6) is 0 Å². The minimum Gasteiger partial charge on any atom is -0.371 e. The molecule has 1 aliphatic heterocycles. The van der Waals surface area contributed by atoms with Gasteiger partial charge in [-0.25, -0.2) is 9.37 Å². The van der Waals surface area contributed by atoms with Crippen molar-refractivity contribution in [3.8, 4) is 0 Å². The topological polar surface area (TPSA) is 41.1 Å². The Morgan fingerprint density at radius 2 is 2.00 bits per heavy atom. The average Bonchev–Trinajstić information content (AvgIpc) is 2.30. The molecule has 0 amide bonds. The predicted molar refractivity (Wildman–Crippen MR) is 66.8 cm³/mol. The van der Waals surface area contributed by atoms with Gasteiger partial charge in [-0.3, -0.25) is 0 Å². The molecule has 1 aromatic heterocycles. The third-order valence-corrected chi connectivity index (χ3v) is 3.37. The second-order valence-electron chi connectivity index (χ2n) is 5.27. The number of nitrogens with zero attached hydrogens (tertiary/aromatic N) is 3. The molecule has 0 saturated carbocycles. The Labute approximate surface area is 101 Å². The Morgan fingerprint density at radius 3 is 2.59 bits per heavy atom. The molecule has 17 heavy (non-hydrogen) atoms. The zero-order chi connectivity index (χ0) is 12.5. The van der Waals surface area contributed by atoms with E-state index in [4.69, 9.17) is 0 Å². The van der Waals surface area contributed by atoms with Crippen LogP contribution < -0.4 is 10.2 Å². The molecule has 0 aromatic carbocycles. The molecule has 2 heterocycles. The molecule has 0 unspecified atom stereocenters. The molecule has 1 aromatic rings. The molecule has 0 spiro atoms. The molecule has 1 aliphatic rings. The maximum Gasteiger partial charge on any atom is 0.227 e. The lowest BCUT2D eigenvalue weighted by atomic mass is 9.83. The number of rotatable bonds is 2. The van der Waals surface area contributed by atoms with Gasteiger partial charge in [0.15, 0.2) is 11.6 Å². The van der Waals surface area contributed by atoms with Crippen LogP contribution in [0.2, 0.25) is 0 Å². The van der Waals surface area contributed by atoms with E-state index in [1.54, 1.807) is 7.05 Å². The van der Waals surface area contributed by atoms with Gasteiger partial charge in [0, 0.05) is 20.1 Å². The van der Waals surface area contributed by atoms with E-state index in [1.807, 2.05) is 0 Å². The Kier molecular flexibility index (Phi) is 3.17. The smallest absolute Gasteiger partial charge is 0.227 e. The van der Waals surface area contributed by atoms with Crippen molar-refractivity contribution >= 4 is 11.8 Å². The lowest BCUT2D eigenvalue weighted by Gasteiger charge is -2.36. The van der Waals surface area contributed by atoms with Gasteiger partial charge < -0.3 is 10.2 Å². The van der Waals surface area contributed by atoms with E-state index >= 15 is 0 Å². The Bertz CT molecular complexity index is 395. The second kappa shape index (κ2) is 4.47. The van der Waals surface area contributed by atoms with Crippen LogP contribution in [0.25, 0.3) is 0 Å². The highest BCUT2D eigenvalue weighted by Gasteiger charge is 2.26. The summed E-state index contributed by atoms with van der Waals surface area (Å²) in [5, 5.41) is 2.74. The highest BCUT2D eigenvalue weighted by molar-refractivity contribution is 5.42. The summed E-state index contributed by atoms with van der Waals surface area (Å²) >= 11 is 0. The third-order valence-electron chi connectivity index (χ3n) is 3.37. The van der Waals surface area contributed by atoms with Crippen molar-refractivity contribution in [1.82, 2.24) is 9.97 Å². The van der Waals surface area contributed by atoms with E-state index in [9.17, 15) is 4.39 Å². The van der Waals surface area contributed by atoms with Crippen molar-refractivity contribution in [1.29, 1.82) is 0 Å². The van der Waals surface area contributed by atoms with Crippen molar-refractivity contribution in [3.63, 3.8) is 0 Å². The summed E-state index contributed by atoms with van der Waals surface area (Å²) < 4.78 is 13.3. The summed E-state index contributed by atoms with van der Waals surface area (Å²) in [6, 6.07) is 0. The maximum absolute atomic E-state index is 13.3. The summed E-state index contributed by atoms with van der Waals surface area (Å²) in [6.45, 7) is 6.41. The highest BCUT2D eigenvalue weighted by atomic mass is 19.1. The normalized spacial score (nSPS) is 19.2. The average molecular weight is 238 g/mol. The standard InChI is InChI=1S/C12H19FN4/c1-12(2)4-6-17(7-5-12)11-15-8-9(13)10(14-3)16-11/h8H,4-7H2,1-3H3,(H,14,15,16). The largest absolute Gasteiger partial charge is 0.371 e. The molecule has 94 valence electrons. The Hall–Kier alpha value is -1.39. The molecule has 1 N–H and O–H groups in total. The fraction of sp³-hybridized carbons (Fsp3) is 0.667. The van der Waals surface area contributed by atoms with Gasteiger partial charge in [-0.1, -0.05) is 13.8 Å². The number of hydrogen-bond acceptors (Lipinski definition) is 4. The summed E-state index contributed by atoms with van der Waals surface area (Å²) in [5.74, 6) is 0.472. The number of anilines is 2. The lowest BCUT2D eigenvalue weighted by molar-refractivity contribution is 0.278. The third kappa shape index (κ3) is 2.65. The van der Waals surface area contributed by atoms with Crippen LogP contribution in [0.15, 0.2) is 6.20 Å². The first-order chi connectivity index (χ1) is 8.02. The molecule has 2 rings (SSSR count). The summed E-state index contributed by atoms with van der Waals surface area (Å²) in [4.78, 5) is 10.4. The van der Waals surface area contributed by atoms with Crippen LogP contribution in [0, 0.1) is 11.2 Å². The monoisotopic (exact) mass is 238 g/mol. The molecule has 1 saturated heterocycles. The highest BCUT2D eigenvalue weighted by Crippen LogP contribution is 2.31. The molecule has 4 nitrogen and oxygen atoms in total. The lowest BCUT2D eigenvalue weighted by Crippen LogP contribution is -2.38. The van der Waals surface area contributed by atoms with Gasteiger partial charge >= 0.3 is 0 Å². The number of hydrogen-bond donors (Lipinski definition) is 1. The van der Waals surface area contributed by atoms with E-state index < -0.39 is 5.82 Å². The van der Waals surface area contributed by atoms with Gasteiger partial charge in [0.1, 0.15) is 0 Å². The minimum absolute atomic E-state index is 0.264. The van der Waals surface area contributed by atoms with E-state index in [1.165, 1.54) is 6.20 Å². The van der Waals surface area contributed by atoms with E-state index in [0.29, 0.717) is 11.4 Å². The van der Waals surface area contributed by atoms with Crippen molar-refractivity contribution < 1.29 is 4.39 Å². The molecular formula is C12H19FN4. The van der Waals surface area contributed by atoms with Gasteiger partial charge in [-0.05, 0) is 18.3 Å². The second-order valence-corrected chi connectivity index (χ2v) is 5.27. The summed E-state index contributed by atoms with van der Waals surface area (Å²) in [7, 11) is 1.66. The fourth-order valence-corrected chi connectivity index (χ4v) is 2.00. The van der Waals surface area contributed by atoms with E-state index in [-0.39, 0.29) is 5.82 Å². The first-order valence-electron chi connectivity index (χ1n) is 5.97. The quantitative estimate of drug-likeness (QED) is 0.858. The first-order valence-corrected chi connectivity index (χ1v) is 5.97. The van der Waals surface area contributed by atoms with Crippen LogP contribution in [0.4, 0.5) is 16.2 Å². The zero-order valence-corrected chi connectivity index (χ0v) is 10.6. The molecule has 0 radical (unpaired) electrons. The van der Waals surface area contributed by atoms with Crippen molar-refractivity contribution in [2.24, 2.45) is 5.41 Å².